The van der Waals surface area contributed by atoms with E-state index in [0.29, 0.717) is 31.1 Å². The number of sulfone groups is 1. The molecule has 0 atom stereocenters. The predicted octanol–water partition coefficient (Wildman–Crippen LogP) is 4.62. The van der Waals surface area contributed by atoms with E-state index in [1.54, 1.807) is 12.1 Å². The highest BCUT2D eigenvalue weighted by Gasteiger charge is 2.26. The van der Waals surface area contributed by atoms with Gasteiger partial charge in [-0.25, -0.2) is 8.42 Å². The lowest BCUT2D eigenvalue weighted by Crippen LogP contribution is -2.24. The van der Waals surface area contributed by atoms with Crippen molar-refractivity contribution in [1.29, 1.82) is 0 Å². The zero-order valence-corrected chi connectivity index (χ0v) is 17.6. The van der Waals surface area contributed by atoms with Crippen LogP contribution in [0.2, 0.25) is 0 Å². The molecular formula is C22H26N2O3S. The van der Waals surface area contributed by atoms with Gasteiger partial charge in [0.1, 0.15) is 10.6 Å². The van der Waals surface area contributed by atoms with Crippen molar-refractivity contribution in [1.82, 2.24) is 4.98 Å². The second kappa shape index (κ2) is 8.19. The lowest BCUT2D eigenvalue weighted by molar-refractivity contribution is 0.340. The van der Waals surface area contributed by atoms with Gasteiger partial charge in [0.25, 0.3) is 0 Å². The standard InChI is InChI=1S/C22H26N2O3S/c1-5-24(6-2)22-19-14-17(27-7-3)10-13-20(19)23-15-21(22)28(25,26)18-11-8-16(4)9-12-18/h8-15H,5-7H2,1-4H3. The predicted molar refractivity (Wildman–Crippen MR) is 113 cm³/mol. The smallest absolute Gasteiger partial charge is 0.210 e. The average Bonchev–Trinajstić information content (AvgIpc) is 2.69. The third-order valence-electron chi connectivity index (χ3n) is 4.79. The highest BCUT2D eigenvalue weighted by atomic mass is 32.2. The van der Waals surface area contributed by atoms with Crippen LogP contribution < -0.4 is 9.64 Å². The zero-order chi connectivity index (χ0) is 20.3. The van der Waals surface area contributed by atoms with E-state index >= 15 is 0 Å². The summed E-state index contributed by atoms with van der Waals surface area (Å²) in [5, 5.41) is 0.780. The summed E-state index contributed by atoms with van der Waals surface area (Å²) >= 11 is 0. The summed E-state index contributed by atoms with van der Waals surface area (Å²) in [6, 6.07) is 12.5. The molecule has 0 saturated heterocycles. The minimum atomic E-state index is -3.71. The second-order valence-electron chi connectivity index (χ2n) is 6.57. The first-order valence-corrected chi connectivity index (χ1v) is 11.0. The number of benzene rings is 2. The van der Waals surface area contributed by atoms with Crippen molar-refractivity contribution in [2.24, 2.45) is 0 Å². The molecule has 0 saturated carbocycles. The van der Waals surface area contributed by atoms with Gasteiger partial charge in [-0.2, -0.15) is 0 Å². The third-order valence-corrected chi connectivity index (χ3v) is 6.56. The van der Waals surface area contributed by atoms with Gasteiger partial charge in [0, 0.05) is 24.7 Å². The number of hydrogen-bond donors (Lipinski definition) is 0. The molecule has 0 amide bonds. The normalized spacial score (nSPS) is 11.6. The Kier molecular flexibility index (Phi) is 5.89. The van der Waals surface area contributed by atoms with Crippen LogP contribution in [0.25, 0.3) is 10.9 Å². The third kappa shape index (κ3) is 3.69. The molecule has 5 nitrogen and oxygen atoms in total. The van der Waals surface area contributed by atoms with Crippen LogP contribution in [0, 0.1) is 6.92 Å². The Balaban J connectivity index is 2.32. The van der Waals surface area contributed by atoms with E-state index in [1.165, 1.54) is 6.20 Å². The average molecular weight is 399 g/mol. The first-order chi connectivity index (χ1) is 13.4. The van der Waals surface area contributed by atoms with Crippen LogP contribution in [0.1, 0.15) is 26.3 Å². The number of ether oxygens (including phenoxy) is 1. The van der Waals surface area contributed by atoms with E-state index in [1.807, 2.05) is 58.0 Å². The molecule has 0 spiro atoms. The molecule has 0 aliphatic carbocycles. The zero-order valence-electron chi connectivity index (χ0n) is 16.8. The van der Waals surface area contributed by atoms with Crippen molar-refractivity contribution in [3.8, 4) is 5.75 Å². The molecule has 0 fully saturated rings. The van der Waals surface area contributed by atoms with Crippen molar-refractivity contribution < 1.29 is 13.2 Å². The quantitative estimate of drug-likeness (QED) is 0.581. The molecule has 1 heterocycles. The number of aryl methyl sites for hydroxylation is 1. The van der Waals surface area contributed by atoms with Crippen LogP contribution in [0.15, 0.2) is 58.5 Å². The monoisotopic (exact) mass is 398 g/mol. The first kappa shape index (κ1) is 20.1. The van der Waals surface area contributed by atoms with E-state index in [4.69, 9.17) is 4.74 Å². The maximum Gasteiger partial charge on any atom is 0.210 e. The molecule has 28 heavy (non-hydrogen) atoms. The topological polar surface area (TPSA) is 59.5 Å². The fraction of sp³-hybridized carbons (Fsp3) is 0.318. The minimum Gasteiger partial charge on any atom is -0.494 e. The molecule has 0 unspecified atom stereocenters. The molecule has 1 aromatic heterocycles. The number of aromatic nitrogens is 1. The maximum absolute atomic E-state index is 13.5. The number of fused-ring (bicyclic) bond motifs is 1. The summed E-state index contributed by atoms with van der Waals surface area (Å²) < 4.78 is 32.6. The van der Waals surface area contributed by atoms with Crippen molar-refractivity contribution in [2.75, 3.05) is 24.6 Å². The minimum absolute atomic E-state index is 0.223. The Morgan fingerprint density at radius 2 is 1.68 bits per heavy atom. The fourth-order valence-electron chi connectivity index (χ4n) is 3.30. The van der Waals surface area contributed by atoms with Gasteiger partial charge in [-0.05, 0) is 58.0 Å². The highest BCUT2D eigenvalue weighted by molar-refractivity contribution is 7.91. The van der Waals surface area contributed by atoms with Crippen LogP contribution in [-0.4, -0.2) is 33.1 Å². The number of hydrogen-bond acceptors (Lipinski definition) is 5. The van der Waals surface area contributed by atoms with Gasteiger partial charge >= 0.3 is 0 Å². The SMILES string of the molecule is CCOc1ccc2ncc(S(=O)(=O)c3ccc(C)cc3)c(N(CC)CC)c2c1. The summed E-state index contributed by atoms with van der Waals surface area (Å²) in [6.45, 7) is 9.81. The molecule has 0 radical (unpaired) electrons. The second-order valence-corrected chi connectivity index (χ2v) is 8.49. The Bertz CT molecular complexity index is 1070. The number of anilines is 1. The van der Waals surface area contributed by atoms with Gasteiger partial charge < -0.3 is 9.64 Å². The summed E-state index contributed by atoms with van der Waals surface area (Å²) in [4.78, 5) is 6.99. The van der Waals surface area contributed by atoms with Crippen LogP contribution >= 0.6 is 0 Å². The van der Waals surface area contributed by atoms with E-state index in [-0.39, 0.29) is 9.79 Å². The first-order valence-electron chi connectivity index (χ1n) is 9.54. The van der Waals surface area contributed by atoms with Crippen LogP contribution in [0.5, 0.6) is 5.75 Å². The van der Waals surface area contributed by atoms with Gasteiger partial charge in [0.15, 0.2) is 0 Å². The number of pyridine rings is 1. The molecule has 0 bridgehead atoms. The van der Waals surface area contributed by atoms with Crippen molar-refractivity contribution in [3.63, 3.8) is 0 Å². The molecular weight excluding hydrogens is 372 g/mol. The molecule has 0 aliphatic rings. The Morgan fingerprint density at radius 1 is 1.00 bits per heavy atom. The highest BCUT2D eigenvalue weighted by Crippen LogP contribution is 2.37. The number of rotatable bonds is 7. The molecule has 0 N–H and O–H groups in total. The molecule has 0 aliphatic heterocycles. The lowest BCUT2D eigenvalue weighted by Gasteiger charge is -2.25. The molecule has 3 aromatic rings. The van der Waals surface area contributed by atoms with Crippen LogP contribution in [-0.2, 0) is 9.84 Å². The molecule has 6 heteroatoms. The van der Waals surface area contributed by atoms with E-state index in [2.05, 4.69) is 9.88 Å². The Hall–Kier alpha value is -2.60. The summed E-state index contributed by atoms with van der Waals surface area (Å²) in [5.74, 6) is 0.704. The van der Waals surface area contributed by atoms with Crippen LogP contribution in [0.3, 0.4) is 0 Å². The van der Waals surface area contributed by atoms with Gasteiger partial charge in [0.05, 0.1) is 22.7 Å². The van der Waals surface area contributed by atoms with Crippen LogP contribution in [0.4, 0.5) is 5.69 Å². The molecule has 3 rings (SSSR count). The Labute approximate surface area is 166 Å². The van der Waals surface area contributed by atoms with Gasteiger partial charge in [-0.15, -0.1) is 0 Å². The van der Waals surface area contributed by atoms with Crippen molar-refractivity contribution in [2.45, 2.75) is 37.5 Å². The Morgan fingerprint density at radius 3 is 2.29 bits per heavy atom. The van der Waals surface area contributed by atoms with Gasteiger partial charge in [-0.3, -0.25) is 4.98 Å². The summed E-state index contributed by atoms with van der Waals surface area (Å²) in [5.41, 5.74) is 2.44. The lowest BCUT2D eigenvalue weighted by atomic mass is 10.1. The van der Waals surface area contributed by atoms with E-state index in [9.17, 15) is 8.42 Å². The van der Waals surface area contributed by atoms with Crippen molar-refractivity contribution >= 4 is 26.4 Å². The summed E-state index contributed by atoms with van der Waals surface area (Å²) in [6.07, 6.45) is 1.48. The largest absolute Gasteiger partial charge is 0.494 e. The maximum atomic E-state index is 13.5. The summed E-state index contributed by atoms with van der Waals surface area (Å²) in [7, 11) is -3.71. The van der Waals surface area contributed by atoms with E-state index in [0.717, 1.165) is 16.5 Å². The molecule has 148 valence electrons. The molecule has 2 aromatic carbocycles. The van der Waals surface area contributed by atoms with E-state index < -0.39 is 9.84 Å². The fourth-order valence-corrected chi connectivity index (χ4v) is 4.74. The van der Waals surface area contributed by atoms with Crippen molar-refractivity contribution in [3.05, 3.63) is 54.2 Å². The number of nitrogens with zero attached hydrogens (tertiary/aromatic N) is 2. The van der Waals surface area contributed by atoms with Gasteiger partial charge in [-0.1, -0.05) is 17.7 Å². The van der Waals surface area contributed by atoms with Gasteiger partial charge in [0.2, 0.25) is 9.84 Å².